The van der Waals surface area contributed by atoms with Crippen molar-refractivity contribution in [1.82, 2.24) is 0 Å². The lowest BCUT2D eigenvalue weighted by Gasteiger charge is -2.19. The lowest BCUT2D eigenvalue weighted by atomic mass is 9.86. The molecule has 2 rings (SSSR count). The fraction of sp³-hybridized carbons (Fsp3) is 0.438. The van der Waals surface area contributed by atoms with Gasteiger partial charge < -0.3 is 9.47 Å². The van der Waals surface area contributed by atoms with Gasteiger partial charge in [-0.1, -0.05) is 11.6 Å². The average Bonchev–Trinajstić information content (AvgIpc) is 2.62. The zero-order chi connectivity index (χ0) is 13.7. The van der Waals surface area contributed by atoms with Crippen molar-refractivity contribution in [3.63, 3.8) is 0 Å². The van der Waals surface area contributed by atoms with Gasteiger partial charge in [-0.2, -0.15) is 0 Å². The van der Waals surface area contributed by atoms with Crippen molar-refractivity contribution < 1.29 is 14.3 Å². The summed E-state index contributed by atoms with van der Waals surface area (Å²) in [6, 6.07) is 0. The molecule has 0 aromatic carbocycles. The Bertz CT molecular complexity index is 478. The van der Waals surface area contributed by atoms with Crippen LogP contribution in [0.1, 0.15) is 32.6 Å². The molecule has 0 N–H and O–H groups in total. The van der Waals surface area contributed by atoms with Gasteiger partial charge in [0.15, 0.2) is 0 Å². The van der Waals surface area contributed by atoms with E-state index in [-0.39, 0.29) is 5.97 Å². The fourth-order valence-electron chi connectivity index (χ4n) is 2.51. The van der Waals surface area contributed by atoms with Gasteiger partial charge in [0.05, 0.1) is 13.7 Å². The van der Waals surface area contributed by atoms with Gasteiger partial charge in [0.25, 0.3) is 0 Å². The third-order valence-electron chi connectivity index (χ3n) is 3.43. The van der Waals surface area contributed by atoms with Gasteiger partial charge in [-0.05, 0) is 55.9 Å². The molecule has 0 spiro atoms. The highest BCUT2D eigenvalue weighted by Gasteiger charge is 2.18. The number of carbonyl (C=O) groups excluding carboxylic acids is 1. The van der Waals surface area contributed by atoms with Crippen LogP contribution in [-0.2, 0) is 14.3 Å². The molecule has 0 bridgehead atoms. The highest BCUT2D eigenvalue weighted by molar-refractivity contribution is 5.84. The first kappa shape index (κ1) is 13.7. The maximum Gasteiger partial charge on any atom is 0.331 e. The summed E-state index contributed by atoms with van der Waals surface area (Å²) in [7, 11) is 1.68. The fourth-order valence-corrected chi connectivity index (χ4v) is 2.51. The summed E-state index contributed by atoms with van der Waals surface area (Å²) in [5.74, 6) is 0.633. The minimum Gasteiger partial charge on any atom is -0.497 e. The van der Waals surface area contributed by atoms with E-state index in [0.29, 0.717) is 6.61 Å². The van der Waals surface area contributed by atoms with Crippen LogP contribution in [0.2, 0.25) is 0 Å². The standard InChI is InChI=1S/C16H20O3/c1-3-19-16(17)11-13-6-4-5-12-7-8-14(18-2)9-10-15(12)13/h8-11H,3-7H2,1-2H3. The molecule has 2 aliphatic rings. The second kappa shape index (κ2) is 6.41. The van der Waals surface area contributed by atoms with Crippen molar-refractivity contribution in [2.24, 2.45) is 0 Å². The monoisotopic (exact) mass is 260 g/mol. The molecule has 0 atom stereocenters. The van der Waals surface area contributed by atoms with E-state index in [1.165, 1.54) is 11.1 Å². The van der Waals surface area contributed by atoms with Crippen LogP contribution in [-0.4, -0.2) is 19.7 Å². The number of allylic oxidation sites excluding steroid dienone is 6. The van der Waals surface area contributed by atoms with Gasteiger partial charge in [-0.25, -0.2) is 4.79 Å². The van der Waals surface area contributed by atoms with Crippen LogP contribution in [0.25, 0.3) is 0 Å². The van der Waals surface area contributed by atoms with Crippen molar-refractivity contribution in [1.29, 1.82) is 0 Å². The second-order valence-electron chi connectivity index (χ2n) is 4.64. The van der Waals surface area contributed by atoms with Crippen LogP contribution in [0.3, 0.4) is 0 Å². The molecule has 0 radical (unpaired) electrons. The largest absolute Gasteiger partial charge is 0.497 e. The third-order valence-corrected chi connectivity index (χ3v) is 3.43. The SMILES string of the molecule is CCOC(=O)C=C1CCCC2=C1C=CC(OC)=CC2. The molecule has 19 heavy (non-hydrogen) atoms. The van der Waals surface area contributed by atoms with Gasteiger partial charge in [-0.3, -0.25) is 0 Å². The molecule has 3 nitrogen and oxygen atoms in total. The van der Waals surface area contributed by atoms with Gasteiger partial charge >= 0.3 is 5.97 Å². The number of esters is 1. The second-order valence-corrected chi connectivity index (χ2v) is 4.64. The molecular weight excluding hydrogens is 240 g/mol. The summed E-state index contributed by atoms with van der Waals surface area (Å²) in [4.78, 5) is 11.6. The number of methoxy groups -OCH3 is 1. The molecule has 102 valence electrons. The molecule has 0 amide bonds. The Labute approximate surface area is 114 Å². The van der Waals surface area contributed by atoms with E-state index in [4.69, 9.17) is 9.47 Å². The van der Waals surface area contributed by atoms with Crippen LogP contribution in [0, 0.1) is 0 Å². The van der Waals surface area contributed by atoms with E-state index >= 15 is 0 Å². The topological polar surface area (TPSA) is 35.5 Å². The highest BCUT2D eigenvalue weighted by Crippen LogP contribution is 2.34. The van der Waals surface area contributed by atoms with Crippen LogP contribution < -0.4 is 0 Å². The first-order chi connectivity index (χ1) is 9.24. The molecule has 0 heterocycles. The van der Waals surface area contributed by atoms with E-state index in [1.54, 1.807) is 13.2 Å². The Balaban J connectivity index is 2.26. The molecule has 0 saturated carbocycles. The van der Waals surface area contributed by atoms with E-state index < -0.39 is 0 Å². The lowest BCUT2D eigenvalue weighted by molar-refractivity contribution is -0.137. The summed E-state index contributed by atoms with van der Waals surface area (Å²) in [6.45, 7) is 2.24. The lowest BCUT2D eigenvalue weighted by Crippen LogP contribution is -2.06. The number of carbonyl (C=O) groups is 1. The van der Waals surface area contributed by atoms with E-state index in [0.717, 1.165) is 37.0 Å². The van der Waals surface area contributed by atoms with Crippen LogP contribution in [0.15, 0.2) is 46.8 Å². The molecule has 3 heteroatoms. The van der Waals surface area contributed by atoms with Gasteiger partial charge in [0, 0.05) is 6.08 Å². The molecule has 0 unspecified atom stereocenters. The minimum atomic E-state index is -0.246. The summed E-state index contributed by atoms with van der Waals surface area (Å²) >= 11 is 0. The Morgan fingerprint density at radius 1 is 1.37 bits per heavy atom. The Kier molecular flexibility index (Phi) is 4.61. The first-order valence-corrected chi connectivity index (χ1v) is 6.76. The normalized spacial score (nSPS) is 20.7. The molecular formula is C16H20O3. The van der Waals surface area contributed by atoms with Gasteiger partial charge in [-0.15, -0.1) is 0 Å². The predicted molar refractivity (Wildman–Crippen MR) is 74.4 cm³/mol. The Hall–Kier alpha value is -1.77. The molecule has 0 aromatic rings. The molecule has 0 saturated heterocycles. The zero-order valence-corrected chi connectivity index (χ0v) is 11.6. The van der Waals surface area contributed by atoms with Crippen molar-refractivity contribution >= 4 is 5.97 Å². The number of hydrogen-bond donors (Lipinski definition) is 0. The maximum absolute atomic E-state index is 11.6. The number of ether oxygens (including phenoxy) is 2. The van der Waals surface area contributed by atoms with Gasteiger partial charge in [0.2, 0.25) is 0 Å². The van der Waals surface area contributed by atoms with E-state index in [9.17, 15) is 4.79 Å². The number of rotatable bonds is 3. The summed E-state index contributed by atoms with van der Waals surface area (Å²) in [5, 5.41) is 0. The van der Waals surface area contributed by atoms with Crippen molar-refractivity contribution in [2.45, 2.75) is 32.6 Å². The van der Waals surface area contributed by atoms with Crippen LogP contribution in [0.4, 0.5) is 0 Å². The van der Waals surface area contributed by atoms with E-state index in [1.807, 2.05) is 13.0 Å². The molecule has 0 aromatic heterocycles. The highest BCUT2D eigenvalue weighted by atomic mass is 16.5. The first-order valence-electron chi connectivity index (χ1n) is 6.76. The maximum atomic E-state index is 11.6. The van der Waals surface area contributed by atoms with Gasteiger partial charge in [0.1, 0.15) is 5.76 Å². The van der Waals surface area contributed by atoms with Crippen LogP contribution >= 0.6 is 0 Å². The molecule has 0 aliphatic heterocycles. The van der Waals surface area contributed by atoms with Crippen LogP contribution in [0.5, 0.6) is 0 Å². The summed E-state index contributed by atoms with van der Waals surface area (Å²) in [5.41, 5.74) is 3.65. The Morgan fingerprint density at radius 2 is 2.21 bits per heavy atom. The quantitative estimate of drug-likeness (QED) is 0.576. The predicted octanol–water partition coefficient (Wildman–Crippen LogP) is 3.45. The zero-order valence-electron chi connectivity index (χ0n) is 11.6. The van der Waals surface area contributed by atoms with Crippen molar-refractivity contribution in [3.8, 4) is 0 Å². The van der Waals surface area contributed by atoms with Crippen molar-refractivity contribution in [3.05, 3.63) is 46.8 Å². The Morgan fingerprint density at radius 3 is 2.95 bits per heavy atom. The summed E-state index contributed by atoms with van der Waals surface area (Å²) in [6.07, 6.45) is 11.8. The third kappa shape index (κ3) is 3.37. The molecule has 2 aliphatic carbocycles. The van der Waals surface area contributed by atoms with E-state index in [2.05, 4.69) is 12.2 Å². The smallest absolute Gasteiger partial charge is 0.331 e. The number of hydrogen-bond acceptors (Lipinski definition) is 3. The average molecular weight is 260 g/mol. The minimum absolute atomic E-state index is 0.246. The van der Waals surface area contributed by atoms with Crippen molar-refractivity contribution in [2.75, 3.05) is 13.7 Å². The molecule has 0 fully saturated rings. The summed E-state index contributed by atoms with van der Waals surface area (Å²) < 4.78 is 10.3.